The summed E-state index contributed by atoms with van der Waals surface area (Å²) in [6.07, 6.45) is 0. The first kappa shape index (κ1) is 10.2. The van der Waals surface area contributed by atoms with Crippen molar-refractivity contribution in [2.24, 2.45) is 0 Å². The van der Waals surface area contributed by atoms with Crippen LogP contribution in [0.5, 0.6) is 0 Å². The zero-order valence-electron chi connectivity index (χ0n) is 6.91. The summed E-state index contributed by atoms with van der Waals surface area (Å²) in [5, 5.41) is 5.75. The Hall–Kier alpha value is -0.880. The SMILES string of the molecule is C=C(Cl)CS(=O)(=O)c1n[nH]c(C)n1. The highest BCUT2D eigenvalue weighted by atomic mass is 35.5. The van der Waals surface area contributed by atoms with Crippen molar-refractivity contribution in [3.63, 3.8) is 0 Å². The van der Waals surface area contributed by atoms with Gasteiger partial charge < -0.3 is 0 Å². The van der Waals surface area contributed by atoms with Gasteiger partial charge in [-0.05, 0) is 6.92 Å². The highest BCUT2D eigenvalue weighted by molar-refractivity contribution is 7.91. The molecule has 0 atom stereocenters. The van der Waals surface area contributed by atoms with Gasteiger partial charge in [0.25, 0.3) is 5.16 Å². The summed E-state index contributed by atoms with van der Waals surface area (Å²) in [5.41, 5.74) is 0. The molecule has 0 aliphatic carbocycles. The molecule has 1 N–H and O–H groups in total. The Bertz CT molecular complexity index is 423. The van der Waals surface area contributed by atoms with Crippen LogP contribution in [-0.4, -0.2) is 29.4 Å². The molecule has 0 saturated carbocycles. The largest absolute Gasteiger partial charge is 0.267 e. The summed E-state index contributed by atoms with van der Waals surface area (Å²) >= 11 is 5.38. The molecule has 0 aliphatic heterocycles. The van der Waals surface area contributed by atoms with Crippen LogP contribution >= 0.6 is 11.6 Å². The number of sulfone groups is 1. The number of rotatable bonds is 3. The van der Waals surface area contributed by atoms with Crippen LogP contribution in [0.4, 0.5) is 0 Å². The fourth-order valence-corrected chi connectivity index (χ4v) is 2.17. The van der Waals surface area contributed by atoms with E-state index in [1.165, 1.54) is 0 Å². The lowest BCUT2D eigenvalue weighted by atomic mass is 10.7. The van der Waals surface area contributed by atoms with Crippen LogP contribution in [0.2, 0.25) is 0 Å². The first-order valence-corrected chi connectivity index (χ1v) is 5.40. The Morgan fingerprint density at radius 2 is 2.31 bits per heavy atom. The van der Waals surface area contributed by atoms with Gasteiger partial charge in [0.2, 0.25) is 9.84 Å². The third kappa shape index (κ3) is 2.53. The van der Waals surface area contributed by atoms with E-state index in [-0.39, 0.29) is 15.9 Å². The van der Waals surface area contributed by atoms with Gasteiger partial charge in [0.15, 0.2) is 0 Å². The van der Waals surface area contributed by atoms with Crippen molar-refractivity contribution in [3.05, 3.63) is 17.4 Å². The van der Waals surface area contributed by atoms with Crippen molar-refractivity contribution >= 4 is 21.4 Å². The molecule has 1 heterocycles. The van der Waals surface area contributed by atoms with Crippen molar-refractivity contribution in [1.29, 1.82) is 0 Å². The highest BCUT2D eigenvalue weighted by Crippen LogP contribution is 2.09. The second-order valence-corrected chi connectivity index (χ2v) is 4.90. The summed E-state index contributed by atoms with van der Waals surface area (Å²) < 4.78 is 22.7. The quantitative estimate of drug-likeness (QED) is 0.813. The van der Waals surface area contributed by atoms with Crippen molar-refractivity contribution in [2.45, 2.75) is 12.1 Å². The Balaban J connectivity index is 3.01. The van der Waals surface area contributed by atoms with E-state index in [9.17, 15) is 8.42 Å². The lowest BCUT2D eigenvalue weighted by Crippen LogP contribution is -2.08. The minimum Gasteiger partial charge on any atom is -0.262 e. The normalized spacial score (nSPS) is 11.5. The summed E-state index contributed by atoms with van der Waals surface area (Å²) in [5.74, 6) is 0.102. The molecule has 0 bridgehead atoms. The monoisotopic (exact) mass is 221 g/mol. The third-order valence-electron chi connectivity index (χ3n) is 1.20. The molecule has 0 aromatic carbocycles. The number of halogens is 1. The Kier molecular flexibility index (Phi) is 2.72. The molecule has 0 amide bonds. The molecular weight excluding hydrogens is 214 g/mol. The number of nitrogens with one attached hydrogen (secondary N) is 1. The Morgan fingerprint density at radius 3 is 2.69 bits per heavy atom. The summed E-state index contributed by atoms with van der Waals surface area (Å²) in [7, 11) is -3.52. The fraction of sp³-hybridized carbons (Fsp3) is 0.333. The van der Waals surface area contributed by atoms with E-state index < -0.39 is 9.84 Å². The molecule has 0 aliphatic rings. The van der Waals surface area contributed by atoms with E-state index in [1.54, 1.807) is 6.92 Å². The average Bonchev–Trinajstić information content (AvgIpc) is 2.32. The minimum absolute atomic E-state index is 0.0439. The smallest absolute Gasteiger partial charge is 0.262 e. The Labute approximate surface area is 80.7 Å². The average molecular weight is 222 g/mol. The molecule has 5 nitrogen and oxygen atoms in total. The molecule has 13 heavy (non-hydrogen) atoms. The lowest BCUT2D eigenvalue weighted by molar-refractivity contribution is 0.590. The molecule has 1 aromatic heterocycles. The van der Waals surface area contributed by atoms with Gasteiger partial charge in [0.1, 0.15) is 5.82 Å². The molecule has 0 saturated heterocycles. The lowest BCUT2D eigenvalue weighted by Gasteiger charge is -1.95. The molecule has 1 rings (SSSR count). The van der Waals surface area contributed by atoms with Crippen LogP contribution in [-0.2, 0) is 9.84 Å². The van der Waals surface area contributed by atoms with Crippen LogP contribution in [0, 0.1) is 6.92 Å². The number of aryl methyl sites for hydroxylation is 1. The number of aromatic amines is 1. The topological polar surface area (TPSA) is 75.7 Å². The van der Waals surface area contributed by atoms with Crippen LogP contribution < -0.4 is 0 Å². The molecule has 1 aromatic rings. The Morgan fingerprint density at radius 1 is 1.69 bits per heavy atom. The zero-order chi connectivity index (χ0) is 10.1. The number of aromatic nitrogens is 3. The molecule has 0 fully saturated rings. The van der Waals surface area contributed by atoms with Gasteiger partial charge in [-0.15, -0.1) is 5.10 Å². The van der Waals surface area contributed by atoms with Gasteiger partial charge in [0, 0.05) is 5.03 Å². The first-order chi connectivity index (χ1) is 5.92. The van der Waals surface area contributed by atoms with Gasteiger partial charge in [-0.1, -0.05) is 18.2 Å². The molecular formula is C6H8ClN3O2S. The van der Waals surface area contributed by atoms with E-state index in [0.717, 1.165) is 0 Å². The van der Waals surface area contributed by atoms with Gasteiger partial charge in [0.05, 0.1) is 5.75 Å². The highest BCUT2D eigenvalue weighted by Gasteiger charge is 2.19. The molecule has 0 spiro atoms. The second-order valence-electron chi connectivity index (χ2n) is 2.48. The van der Waals surface area contributed by atoms with E-state index in [2.05, 4.69) is 21.8 Å². The van der Waals surface area contributed by atoms with Crippen LogP contribution in [0.1, 0.15) is 5.82 Å². The predicted molar refractivity (Wildman–Crippen MR) is 48.2 cm³/mol. The molecule has 7 heteroatoms. The maximum absolute atomic E-state index is 11.4. The van der Waals surface area contributed by atoms with E-state index >= 15 is 0 Å². The first-order valence-electron chi connectivity index (χ1n) is 3.37. The van der Waals surface area contributed by atoms with E-state index in [0.29, 0.717) is 5.82 Å². The third-order valence-corrected chi connectivity index (χ3v) is 2.96. The van der Waals surface area contributed by atoms with E-state index in [1.807, 2.05) is 0 Å². The van der Waals surface area contributed by atoms with Crippen molar-refractivity contribution in [3.8, 4) is 0 Å². The minimum atomic E-state index is -3.52. The number of nitrogens with zero attached hydrogens (tertiary/aromatic N) is 2. The van der Waals surface area contributed by atoms with Gasteiger partial charge in [-0.2, -0.15) is 0 Å². The maximum Gasteiger partial charge on any atom is 0.267 e. The molecule has 0 unspecified atom stereocenters. The van der Waals surface area contributed by atoms with Crippen LogP contribution in [0.15, 0.2) is 16.8 Å². The number of H-pyrrole nitrogens is 1. The standard InChI is InChI=1S/C6H8ClN3O2S/c1-4(7)3-13(11,12)6-8-5(2)9-10-6/h1,3H2,2H3,(H,8,9,10). The van der Waals surface area contributed by atoms with Crippen molar-refractivity contribution in [2.75, 3.05) is 5.75 Å². The van der Waals surface area contributed by atoms with Gasteiger partial charge >= 0.3 is 0 Å². The fourth-order valence-electron chi connectivity index (χ4n) is 0.732. The zero-order valence-corrected chi connectivity index (χ0v) is 8.48. The summed E-state index contributed by atoms with van der Waals surface area (Å²) in [6.45, 7) is 4.91. The summed E-state index contributed by atoms with van der Waals surface area (Å²) in [6, 6.07) is 0. The molecule has 0 radical (unpaired) electrons. The number of hydrogen-bond donors (Lipinski definition) is 1. The molecule has 72 valence electrons. The summed E-state index contributed by atoms with van der Waals surface area (Å²) in [4.78, 5) is 3.68. The van der Waals surface area contributed by atoms with E-state index in [4.69, 9.17) is 11.6 Å². The van der Waals surface area contributed by atoms with Gasteiger partial charge in [-0.3, -0.25) is 5.10 Å². The van der Waals surface area contributed by atoms with Crippen LogP contribution in [0.3, 0.4) is 0 Å². The maximum atomic E-state index is 11.4. The number of hydrogen-bond acceptors (Lipinski definition) is 4. The second kappa shape index (κ2) is 3.47. The van der Waals surface area contributed by atoms with Gasteiger partial charge in [-0.25, -0.2) is 13.4 Å². The van der Waals surface area contributed by atoms with Crippen LogP contribution in [0.25, 0.3) is 0 Å². The van der Waals surface area contributed by atoms with Crippen molar-refractivity contribution < 1.29 is 8.42 Å². The van der Waals surface area contributed by atoms with Crippen molar-refractivity contribution in [1.82, 2.24) is 15.2 Å². The predicted octanol–water partition coefficient (Wildman–Crippen LogP) is 0.639.